The lowest BCUT2D eigenvalue weighted by atomic mass is 9.94. The molecule has 0 saturated carbocycles. The Labute approximate surface area is 173 Å². The van der Waals surface area contributed by atoms with Crippen LogP contribution in [0.25, 0.3) is 0 Å². The summed E-state index contributed by atoms with van der Waals surface area (Å²) in [5.41, 5.74) is 1.01. The summed E-state index contributed by atoms with van der Waals surface area (Å²) in [6, 6.07) is 6.00. The lowest BCUT2D eigenvalue weighted by Crippen LogP contribution is -2.38. The van der Waals surface area contributed by atoms with Gasteiger partial charge in [0.05, 0.1) is 32.0 Å². The van der Waals surface area contributed by atoms with Crippen LogP contribution in [-0.2, 0) is 12.0 Å². The van der Waals surface area contributed by atoms with Crippen molar-refractivity contribution in [3.05, 3.63) is 41.6 Å². The first kappa shape index (κ1) is 22.6. The predicted octanol–water partition coefficient (Wildman–Crippen LogP) is 4.20. The van der Waals surface area contributed by atoms with E-state index < -0.39 is 0 Å². The number of ether oxygens (including phenoxy) is 2. The standard InChI is InChI=1S/C22H34N4O3/c1-8-27-17-11-10-16(12-18(17)28-9-2)15(3)26-21(23-7)25-14-20-24-13-19(29-20)22(4,5)6/h10-13,15H,8-9,14H2,1-7H3,(H2,23,25,26). The molecule has 1 unspecified atom stereocenters. The van der Waals surface area contributed by atoms with Crippen molar-refractivity contribution in [2.24, 2.45) is 4.99 Å². The molecule has 0 radical (unpaired) electrons. The van der Waals surface area contributed by atoms with E-state index in [1.165, 1.54) is 0 Å². The molecule has 0 aliphatic rings. The van der Waals surface area contributed by atoms with Crippen molar-refractivity contribution in [1.82, 2.24) is 15.6 Å². The second-order valence-corrected chi connectivity index (χ2v) is 7.73. The van der Waals surface area contributed by atoms with Crippen LogP contribution in [0.15, 0.2) is 33.8 Å². The number of aliphatic imine (C=N–C) groups is 1. The van der Waals surface area contributed by atoms with E-state index in [0.717, 1.165) is 22.8 Å². The molecule has 1 atom stereocenters. The maximum Gasteiger partial charge on any atom is 0.213 e. The van der Waals surface area contributed by atoms with E-state index >= 15 is 0 Å². The van der Waals surface area contributed by atoms with Gasteiger partial charge >= 0.3 is 0 Å². The number of guanidine groups is 1. The quantitative estimate of drug-likeness (QED) is 0.509. The number of hydrogen-bond acceptors (Lipinski definition) is 5. The summed E-state index contributed by atoms with van der Waals surface area (Å²) in [6.45, 7) is 13.9. The lowest BCUT2D eigenvalue weighted by Gasteiger charge is -2.19. The smallest absolute Gasteiger partial charge is 0.213 e. The molecular formula is C22H34N4O3. The molecule has 7 nitrogen and oxygen atoms in total. The van der Waals surface area contributed by atoms with Crippen LogP contribution in [0, 0.1) is 0 Å². The minimum atomic E-state index is -0.0639. The third-order valence-electron chi connectivity index (χ3n) is 4.34. The van der Waals surface area contributed by atoms with Gasteiger partial charge in [0.2, 0.25) is 5.89 Å². The molecule has 0 amide bonds. The number of oxazole rings is 1. The first-order chi connectivity index (χ1) is 13.8. The summed E-state index contributed by atoms with van der Waals surface area (Å²) in [4.78, 5) is 8.64. The van der Waals surface area contributed by atoms with Gasteiger partial charge in [-0.05, 0) is 38.5 Å². The van der Waals surface area contributed by atoms with Crippen LogP contribution < -0.4 is 20.1 Å². The molecule has 0 spiro atoms. The molecule has 0 bridgehead atoms. The summed E-state index contributed by atoms with van der Waals surface area (Å²) < 4.78 is 17.2. The molecule has 1 heterocycles. The van der Waals surface area contributed by atoms with Gasteiger partial charge < -0.3 is 24.5 Å². The van der Waals surface area contributed by atoms with Crippen LogP contribution in [0.5, 0.6) is 11.5 Å². The van der Waals surface area contributed by atoms with Gasteiger partial charge in [-0.3, -0.25) is 4.99 Å². The van der Waals surface area contributed by atoms with Crippen molar-refractivity contribution in [3.63, 3.8) is 0 Å². The van der Waals surface area contributed by atoms with Gasteiger partial charge in [-0.25, -0.2) is 4.98 Å². The Kier molecular flexibility index (Phi) is 7.93. The SMILES string of the molecule is CCOc1ccc(C(C)NC(=NC)NCc2ncc(C(C)(C)C)o2)cc1OCC. The fourth-order valence-electron chi connectivity index (χ4n) is 2.72. The van der Waals surface area contributed by atoms with Gasteiger partial charge in [0.15, 0.2) is 17.5 Å². The molecule has 160 valence electrons. The predicted molar refractivity (Wildman–Crippen MR) is 116 cm³/mol. The average Bonchev–Trinajstić information content (AvgIpc) is 3.16. The molecule has 1 aromatic carbocycles. The first-order valence-corrected chi connectivity index (χ1v) is 10.1. The van der Waals surface area contributed by atoms with Crippen molar-refractivity contribution >= 4 is 5.96 Å². The van der Waals surface area contributed by atoms with Crippen molar-refractivity contribution in [1.29, 1.82) is 0 Å². The summed E-state index contributed by atoms with van der Waals surface area (Å²) in [7, 11) is 1.74. The second-order valence-electron chi connectivity index (χ2n) is 7.73. The monoisotopic (exact) mass is 402 g/mol. The van der Waals surface area contributed by atoms with Crippen molar-refractivity contribution in [2.45, 2.75) is 59.5 Å². The number of aromatic nitrogens is 1. The maximum absolute atomic E-state index is 5.82. The van der Waals surface area contributed by atoms with E-state index in [4.69, 9.17) is 13.9 Å². The van der Waals surface area contributed by atoms with Crippen molar-refractivity contribution in [3.8, 4) is 11.5 Å². The summed E-state index contributed by atoms with van der Waals surface area (Å²) in [5, 5.41) is 6.63. The Hall–Kier alpha value is -2.70. The van der Waals surface area contributed by atoms with Crippen LogP contribution >= 0.6 is 0 Å². The number of hydrogen-bond donors (Lipinski definition) is 2. The third-order valence-corrected chi connectivity index (χ3v) is 4.34. The molecule has 0 aliphatic carbocycles. The van der Waals surface area contributed by atoms with Crippen LogP contribution in [0.2, 0.25) is 0 Å². The highest BCUT2D eigenvalue weighted by atomic mass is 16.5. The van der Waals surface area contributed by atoms with Gasteiger partial charge in [-0.1, -0.05) is 26.8 Å². The Bertz CT molecular complexity index is 809. The molecule has 7 heteroatoms. The van der Waals surface area contributed by atoms with Crippen LogP contribution in [0.3, 0.4) is 0 Å². The minimum absolute atomic E-state index is 0.0192. The zero-order valence-corrected chi connectivity index (χ0v) is 18.6. The second kappa shape index (κ2) is 10.2. The topological polar surface area (TPSA) is 80.9 Å². The molecule has 0 saturated heterocycles. The molecular weight excluding hydrogens is 368 g/mol. The Morgan fingerprint density at radius 2 is 1.86 bits per heavy atom. The van der Waals surface area contributed by atoms with Crippen LogP contribution in [0.4, 0.5) is 0 Å². The van der Waals surface area contributed by atoms with E-state index in [0.29, 0.717) is 31.6 Å². The van der Waals surface area contributed by atoms with E-state index in [2.05, 4.69) is 48.3 Å². The number of nitrogens with one attached hydrogen (secondary N) is 2. The molecule has 0 aliphatic heterocycles. The van der Waals surface area contributed by atoms with E-state index in [-0.39, 0.29) is 11.5 Å². The van der Waals surface area contributed by atoms with Crippen LogP contribution in [-0.4, -0.2) is 31.2 Å². The third kappa shape index (κ3) is 6.41. The molecule has 2 rings (SSSR count). The van der Waals surface area contributed by atoms with Crippen LogP contribution in [0.1, 0.15) is 64.8 Å². The fraction of sp³-hybridized carbons (Fsp3) is 0.545. The average molecular weight is 403 g/mol. The largest absolute Gasteiger partial charge is 0.490 e. The Morgan fingerprint density at radius 1 is 1.17 bits per heavy atom. The summed E-state index contributed by atoms with van der Waals surface area (Å²) >= 11 is 0. The van der Waals surface area contributed by atoms with Gasteiger partial charge in [0.25, 0.3) is 0 Å². The number of benzene rings is 1. The molecule has 2 N–H and O–H groups in total. The minimum Gasteiger partial charge on any atom is -0.490 e. The number of rotatable bonds is 8. The van der Waals surface area contributed by atoms with Crippen molar-refractivity contribution in [2.75, 3.05) is 20.3 Å². The lowest BCUT2D eigenvalue weighted by molar-refractivity contribution is 0.287. The highest BCUT2D eigenvalue weighted by Crippen LogP contribution is 2.30. The highest BCUT2D eigenvalue weighted by molar-refractivity contribution is 5.80. The normalized spacial score (nSPS) is 13.1. The van der Waals surface area contributed by atoms with Gasteiger partial charge in [0.1, 0.15) is 5.76 Å². The fourth-order valence-corrected chi connectivity index (χ4v) is 2.72. The number of nitrogens with zero attached hydrogens (tertiary/aromatic N) is 2. The van der Waals surface area contributed by atoms with E-state index in [1.807, 2.05) is 32.0 Å². The maximum atomic E-state index is 5.82. The first-order valence-electron chi connectivity index (χ1n) is 10.1. The molecule has 0 fully saturated rings. The zero-order chi connectivity index (χ0) is 21.4. The van der Waals surface area contributed by atoms with Gasteiger partial charge in [-0.2, -0.15) is 0 Å². The van der Waals surface area contributed by atoms with Crippen molar-refractivity contribution < 1.29 is 13.9 Å². The Balaban J connectivity index is 2.01. The molecule has 1 aromatic heterocycles. The molecule has 29 heavy (non-hydrogen) atoms. The Morgan fingerprint density at radius 3 is 2.45 bits per heavy atom. The zero-order valence-electron chi connectivity index (χ0n) is 18.6. The summed E-state index contributed by atoms with van der Waals surface area (Å²) in [6.07, 6.45) is 1.78. The van der Waals surface area contributed by atoms with E-state index in [1.54, 1.807) is 13.2 Å². The summed E-state index contributed by atoms with van der Waals surface area (Å²) in [5.74, 6) is 3.66. The molecule has 2 aromatic rings. The van der Waals surface area contributed by atoms with Gasteiger partial charge in [-0.15, -0.1) is 0 Å². The highest BCUT2D eigenvalue weighted by Gasteiger charge is 2.19. The van der Waals surface area contributed by atoms with Gasteiger partial charge in [0, 0.05) is 12.5 Å². The van der Waals surface area contributed by atoms with E-state index in [9.17, 15) is 0 Å².